The standard InChI is InChI=1S/C59H36N4O/c1-3-17-37(18-4-1)43-24-11-12-27-46(43)59-61-57(38-19-5-2-6-20-38)60-58(62-59)42-31-32-52(63-51-29-15-13-26-45(51)48-33-39-21-7-8-22-40(39)36-53(48)63)49(35-42)50-34-41-23-9-10-25-44(41)56-55(50)47-28-14-16-30-54(47)64-56/h1-36H. The average Bonchev–Trinajstić information content (AvgIpc) is 3.92. The Morgan fingerprint density at radius 3 is 1.72 bits per heavy atom. The number of benzene rings is 10. The van der Waals surface area contributed by atoms with Crippen LogP contribution in [0.25, 0.3) is 127 Å². The molecule has 0 atom stereocenters. The Labute approximate surface area is 368 Å². The number of aromatic nitrogens is 4. The minimum absolute atomic E-state index is 0.585. The van der Waals surface area contributed by atoms with Gasteiger partial charge in [0.1, 0.15) is 11.2 Å². The number of rotatable bonds is 6. The molecule has 0 bridgehead atoms. The van der Waals surface area contributed by atoms with Crippen LogP contribution in [0.3, 0.4) is 0 Å². The van der Waals surface area contributed by atoms with Crippen LogP contribution in [0.5, 0.6) is 0 Å². The molecule has 0 aliphatic heterocycles. The first-order valence-electron chi connectivity index (χ1n) is 21.6. The Hall–Kier alpha value is -8.67. The topological polar surface area (TPSA) is 56.7 Å². The van der Waals surface area contributed by atoms with E-state index in [0.29, 0.717) is 17.5 Å². The van der Waals surface area contributed by atoms with Gasteiger partial charge in [0.25, 0.3) is 0 Å². The lowest BCUT2D eigenvalue weighted by Gasteiger charge is -2.18. The molecule has 5 nitrogen and oxygen atoms in total. The number of fused-ring (bicyclic) bond motifs is 9. The molecule has 298 valence electrons. The summed E-state index contributed by atoms with van der Waals surface area (Å²) in [6, 6.07) is 76.9. The van der Waals surface area contributed by atoms with Crippen molar-refractivity contribution in [2.24, 2.45) is 0 Å². The summed E-state index contributed by atoms with van der Waals surface area (Å²) in [4.78, 5) is 15.8. The maximum atomic E-state index is 6.80. The summed E-state index contributed by atoms with van der Waals surface area (Å²) in [7, 11) is 0. The van der Waals surface area contributed by atoms with E-state index in [1.165, 1.54) is 21.5 Å². The van der Waals surface area contributed by atoms with E-state index >= 15 is 0 Å². The number of hydrogen-bond acceptors (Lipinski definition) is 4. The first-order valence-corrected chi connectivity index (χ1v) is 21.6. The molecule has 0 radical (unpaired) electrons. The summed E-state index contributed by atoms with van der Waals surface area (Å²) in [6.07, 6.45) is 0. The Bertz CT molecular complexity index is 3960. The van der Waals surface area contributed by atoms with E-state index in [9.17, 15) is 0 Å². The van der Waals surface area contributed by atoms with Crippen LogP contribution in [0.2, 0.25) is 0 Å². The summed E-state index contributed by atoms with van der Waals surface area (Å²) < 4.78 is 9.23. The quantitative estimate of drug-likeness (QED) is 0.168. The third-order valence-corrected chi connectivity index (χ3v) is 12.6. The van der Waals surface area contributed by atoms with E-state index in [4.69, 9.17) is 19.4 Å². The van der Waals surface area contributed by atoms with Crippen LogP contribution in [0.4, 0.5) is 0 Å². The third-order valence-electron chi connectivity index (χ3n) is 12.6. The second-order valence-electron chi connectivity index (χ2n) is 16.3. The molecule has 0 saturated carbocycles. The van der Waals surface area contributed by atoms with Crippen LogP contribution in [0.15, 0.2) is 223 Å². The molecular weight excluding hydrogens is 781 g/mol. The zero-order valence-corrected chi connectivity index (χ0v) is 34.5. The molecule has 0 amide bonds. The maximum Gasteiger partial charge on any atom is 0.164 e. The second kappa shape index (κ2) is 14.5. The first-order chi connectivity index (χ1) is 31.7. The highest BCUT2D eigenvalue weighted by Gasteiger charge is 2.23. The van der Waals surface area contributed by atoms with E-state index in [1.54, 1.807) is 0 Å². The molecule has 0 aliphatic rings. The van der Waals surface area contributed by atoms with E-state index in [1.807, 2.05) is 30.3 Å². The highest BCUT2D eigenvalue weighted by Crippen LogP contribution is 2.46. The first kappa shape index (κ1) is 36.0. The SMILES string of the molecule is c1ccc(-c2nc(-c3ccc(-n4c5ccccc5c5cc6ccccc6cc54)c(-c4cc5ccccc5c5oc6ccccc6c45)c3)nc(-c3ccccc3-c3ccccc3)n2)cc1. The molecule has 0 N–H and O–H groups in total. The zero-order valence-electron chi connectivity index (χ0n) is 34.5. The minimum atomic E-state index is 0.585. The molecule has 0 saturated heterocycles. The highest BCUT2D eigenvalue weighted by atomic mass is 16.3. The van der Waals surface area contributed by atoms with E-state index < -0.39 is 0 Å². The smallest absolute Gasteiger partial charge is 0.164 e. The van der Waals surface area contributed by atoms with E-state index in [-0.39, 0.29) is 0 Å². The summed E-state index contributed by atoms with van der Waals surface area (Å²) >= 11 is 0. The van der Waals surface area contributed by atoms with Gasteiger partial charge in [-0.05, 0) is 81.4 Å². The Kier molecular flexibility index (Phi) is 8.15. The number of para-hydroxylation sites is 2. The van der Waals surface area contributed by atoms with Gasteiger partial charge >= 0.3 is 0 Å². The summed E-state index contributed by atoms with van der Waals surface area (Å²) in [5.41, 5.74) is 12.0. The van der Waals surface area contributed by atoms with Crippen LogP contribution >= 0.6 is 0 Å². The molecule has 5 heteroatoms. The van der Waals surface area contributed by atoms with Gasteiger partial charge in [-0.25, -0.2) is 15.0 Å². The van der Waals surface area contributed by atoms with Crippen molar-refractivity contribution in [1.29, 1.82) is 0 Å². The second-order valence-corrected chi connectivity index (χ2v) is 16.3. The van der Waals surface area contributed by atoms with Crippen molar-refractivity contribution in [3.8, 4) is 62.1 Å². The van der Waals surface area contributed by atoms with Crippen molar-refractivity contribution in [3.63, 3.8) is 0 Å². The van der Waals surface area contributed by atoms with Crippen LogP contribution in [-0.2, 0) is 0 Å². The molecule has 0 aliphatic carbocycles. The maximum absolute atomic E-state index is 6.80. The lowest BCUT2D eigenvalue weighted by Crippen LogP contribution is -2.02. The monoisotopic (exact) mass is 816 g/mol. The fourth-order valence-electron chi connectivity index (χ4n) is 9.66. The van der Waals surface area contributed by atoms with Gasteiger partial charge in [0, 0.05) is 49.2 Å². The Morgan fingerprint density at radius 1 is 0.328 bits per heavy atom. The molecule has 64 heavy (non-hydrogen) atoms. The van der Waals surface area contributed by atoms with Crippen molar-refractivity contribution < 1.29 is 4.42 Å². The molecule has 0 spiro atoms. The third kappa shape index (κ3) is 5.75. The lowest BCUT2D eigenvalue weighted by atomic mass is 9.93. The summed E-state index contributed by atoms with van der Waals surface area (Å²) in [5.74, 6) is 1.80. The fraction of sp³-hybridized carbons (Fsp3) is 0. The average molecular weight is 817 g/mol. The number of furan rings is 1. The molecule has 13 rings (SSSR count). The van der Waals surface area contributed by atoms with Gasteiger partial charge in [0.2, 0.25) is 0 Å². The molecule has 3 aromatic heterocycles. The van der Waals surface area contributed by atoms with Crippen LogP contribution in [0.1, 0.15) is 0 Å². The summed E-state index contributed by atoms with van der Waals surface area (Å²) in [6.45, 7) is 0. The van der Waals surface area contributed by atoms with Crippen molar-refractivity contribution in [2.75, 3.05) is 0 Å². The lowest BCUT2D eigenvalue weighted by molar-refractivity contribution is 0.673. The molecule has 0 fully saturated rings. The van der Waals surface area contributed by atoms with Gasteiger partial charge < -0.3 is 8.98 Å². The van der Waals surface area contributed by atoms with Crippen molar-refractivity contribution >= 4 is 65.3 Å². The van der Waals surface area contributed by atoms with Crippen molar-refractivity contribution in [1.82, 2.24) is 19.5 Å². The molecule has 0 unspecified atom stereocenters. The van der Waals surface area contributed by atoms with E-state index in [0.717, 1.165) is 88.4 Å². The van der Waals surface area contributed by atoms with Gasteiger partial charge in [0.15, 0.2) is 17.5 Å². The Morgan fingerprint density at radius 2 is 0.922 bits per heavy atom. The fourth-order valence-corrected chi connectivity index (χ4v) is 9.66. The minimum Gasteiger partial charge on any atom is -0.455 e. The van der Waals surface area contributed by atoms with Crippen LogP contribution in [-0.4, -0.2) is 19.5 Å². The number of hydrogen-bond donors (Lipinski definition) is 0. The van der Waals surface area contributed by atoms with Crippen LogP contribution < -0.4 is 0 Å². The van der Waals surface area contributed by atoms with Crippen LogP contribution in [0, 0.1) is 0 Å². The largest absolute Gasteiger partial charge is 0.455 e. The van der Waals surface area contributed by atoms with Gasteiger partial charge in [-0.15, -0.1) is 0 Å². The van der Waals surface area contributed by atoms with Gasteiger partial charge in [-0.3, -0.25) is 0 Å². The Balaban J connectivity index is 1.14. The van der Waals surface area contributed by atoms with Gasteiger partial charge in [0.05, 0.1) is 16.7 Å². The predicted octanol–water partition coefficient (Wildman–Crippen LogP) is 15.5. The molecule has 3 heterocycles. The highest BCUT2D eigenvalue weighted by molar-refractivity contribution is 6.22. The van der Waals surface area contributed by atoms with Crippen molar-refractivity contribution in [3.05, 3.63) is 218 Å². The normalized spacial score (nSPS) is 11.8. The van der Waals surface area contributed by atoms with Gasteiger partial charge in [-0.1, -0.05) is 170 Å². The van der Waals surface area contributed by atoms with Gasteiger partial charge in [-0.2, -0.15) is 0 Å². The molecule has 13 aromatic rings. The molecule has 10 aromatic carbocycles. The number of nitrogens with zero attached hydrogens (tertiary/aromatic N) is 4. The van der Waals surface area contributed by atoms with E-state index in [2.05, 4.69) is 193 Å². The predicted molar refractivity (Wildman–Crippen MR) is 264 cm³/mol. The zero-order chi connectivity index (χ0) is 42.1. The van der Waals surface area contributed by atoms with Crippen molar-refractivity contribution in [2.45, 2.75) is 0 Å². The summed E-state index contributed by atoms with van der Waals surface area (Å²) in [5, 5.41) is 9.10. The molecular formula is C59H36N4O.